The first-order valence-corrected chi connectivity index (χ1v) is 10.5. The van der Waals surface area contributed by atoms with Crippen molar-refractivity contribution < 1.29 is 43.1 Å². The van der Waals surface area contributed by atoms with Crippen LogP contribution in [0.5, 0.6) is 0 Å². The van der Waals surface area contributed by atoms with Gasteiger partial charge in [-0.1, -0.05) is 30.3 Å². The average molecular weight is 451 g/mol. The van der Waals surface area contributed by atoms with E-state index in [9.17, 15) is 14.7 Å². The molecule has 3 aliphatic heterocycles. The molecule has 0 saturated carbocycles. The van der Waals surface area contributed by atoms with Gasteiger partial charge in [-0.3, -0.25) is 10.1 Å². The summed E-state index contributed by atoms with van der Waals surface area (Å²) >= 11 is 0. The van der Waals surface area contributed by atoms with E-state index in [-0.39, 0.29) is 13.2 Å². The summed E-state index contributed by atoms with van der Waals surface area (Å²) in [6, 6.07) is 9.14. The lowest BCUT2D eigenvalue weighted by atomic mass is 9.98. The predicted octanol–water partition coefficient (Wildman–Crippen LogP) is 2.15. The van der Waals surface area contributed by atoms with E-state index < -0.39 is 60.2 Å². The zero-order chi connectivity index (χ0) is 23.1. The van der Waals surface area contributed by atoms with Crippen LogP contribution in [0.3, 0.4) is 0 Å². The fourth-order valence-electron chi connectivity index (χ4n) is 4.38. The van der Waals surface area contributed by atoms with Gasteiger partial charge in [-0.25, -0.2) is 4.79 Å². The lowest BCUT2D eigenvalue weighted by Crippen LogP contribution is -2.58. The third-order valence-corrected chi connectivity index (χ3v) is 5.60. The van der Waals surface area contributed by atoms with E-state index in [4.69, 9.17) is 28.4 Å². The molecule has 3 saturated heterocycles. The second-order valence-electron chi connectivity index (χ2n) is 9.12. The first kappa shape index (κ1) is 22.9. The van der Waals surface area contributed by atoms with Crippen LogP contribution in [0.15, 0.2) is 30.3 Å². The average Bonchev–Trinajstić information content (AvgIpc) is 3.30. The number of carbonyl (C=O) groups excluding carboxylic acids is 1. The quantitative estimate of drug-likeness (QED) is 0.670. The van der Waals surface area contributed by atoms with Crippen molar-refractivity contribution in [1.82, 2.24) is 5.32 Å². The maximum absolute atomic E-state index is 12.7. The van der Waals surface area contributed by atoms with E-state index >= 15 is 0 Å². The Labute approximate surface area is 186 Å². The fraction of sp³-hybridized carbons (Fsp3) is 0.636. The third kappa shape index (κ3) is 4.74. The number of benzene rings is 1. The number of nitrogens with one attached hydrogen (secondary N) is 1. The van der Waals surface area contributed by atoms with Gasteiger partial charge in [-0.15, -0.1) is 0 Å². The maximum atomic E-state index is 12.7. The number of ether oxygens (including phenoxy) is 6. The number of carbonyl (C=O) groups is 2. The summed E-state index contributed by atoms with van der Waals surface area (Å²) in [5.74, 6) is -3.00. The predicted molar refractivity (Wildman–Crippen MR) is 108 cm³/mol. The second kappa shape index (κ2) is 8.27. The molecule has 3 heterocycles. The van der Waals surface area contributed by atoms with Gasteiger partial charge < -0.3 is 33.5 Å². The molecule has 0 aromatic heterocycles. The summed E-state index contributed by atoms with van der Waals surface area (Å²) in [5, 5.41) is 12.2. The monoisotopic (exact) mass is 451 g/mol. The molecule has 10 nitrogen and oxygen atoms in total. The van der Waals surface area contributed by atoms with Crippen molar-refractivity contribution in [3.63, 3.8) is 0 Å². The Morgan fingerprint density at radius 3 is 2.38 bits per heavy atom. The lowest BCUT2D eigenvalue weighted by Gasteiger charge is -2.34. The molecule has 0 spiro atoms. The normalized spacial score (nSPS) is 34.8. The van der Waals surface area contributed by atoms with E-state index in [0.29, 0.717) is 0 Å². The number of carboxylic acid groups (broad SMARTS) is 1. The molecule has 10 heteroatoms. The van der Waals surface area contributed by atoms with Crippen LogP contribution >= 0.6 is 0 Å². The van der Waals surface area contributed by atoms with Crippen LogP contribution in [0.25, 0.3) is 0 Å². The molecule has 1 aromatic rings. The summed E-state index contributed by atoms with van der Waals surface area (Å²) in [6.45, 7) is 7.24. The van der Waals surface area contributed by atoms with Gasteiger partial charge in [-0.05, 0) is 33.3 Å². The highest BCUT2D eigenvalue weighted by molar-refractivity contribution is 5.72. The fourth-order valence-corrected chi connectivity index (χ4v) is 4.38. The minimum Gasteiger partial charge on any atom is -0.481 e. The third-order valence-electron chi connectivity index (χ3n) is 5.60. The summed E-state index contributed by atoms with van der Waals surface area (Å²) in [7, 11) is 0. The number of aliphatic carboxylic acids is 1. The molecule has 5 atom stereocenters. The number of alkyl carbamates (subject to hydrolysis) is 1. The molecule has 32 heavy (non-hydrogen) atoms. The number of carboxylic acids is 1. The lowest BCUT2D eigenvalue weighted by molar-refractivity contribution is -0.233. The molecule has 2 N–H and O–H groups in total. The first-order valence-electron chi connectivity index (χ1n) is 10.5. The summed E-state index contributed by atoms with van der Waals surface area (Å²) in [6.07, 6.45) is -4.21. The number of hydrogen-bond acceptors (Lipinski definition) is 8. The van der Waals surface area contributed by atoms with Gasteiger partial charge in [0.1, 0.15) is 31.0 Å². The number of amides is 1. The molecule has 3 fully saturated rings. The molecule has 0 bridgehead atoms. The minimum absolute atomic E-state index is 0.0178. The van der Waals surface area contributed by atoms with Gasteiger partial charge in [-0.2, -0.15) is 0 Å². The van der Waals surface area contributed by atoms with Crippen molar-refractivity contribution in [3.05, 3.63) is 35.9 Å². The topological polar surface area (TPSA) is 122 Å². The summed E-state index contributed by atoms with van der Waals surface area (Å²) in [4.78, 5) is 24.5. The largest absolute Gasteiger partial charge is 0.481 e. The van der Waals surface area contributed by atoms with Crippen LogP contribution in [0.4, 0.5) is 4.79 Å². The van der Waals surface area contributed by atoms with Gasteiger partial charge in [0.05, 0.1) is 13.0 Å². The molecule has 1 amide bonds. The molecule has 0 aliphatic carbocycles. The van der Waals surface area contributed by atoms with Gasteiger partial charge in [0.2, 0.25) is 0 Å². The number of fused-ring (bicyclic) bond motifs is 1. The Morgan fingerprint density at radius 2 is 1.75 bits per heavy atom. The van der Waals surface area contributed by atoms with Gasteiger partial charge in [0, 0.05) is 0 Å². The van der Waals surface area contributed by atoms with E-state index in [2.05, 4.69) is 5.32 Å². The van der Waals surface area contributed by atoms with Crippen LogP contribution in [-0.2, 0) is 39.8 Å². The molecule has 4 rings (SSSR count). The SMILES string of the molecule is CC1(C)OC[C@H]([C@H]2O[C@](CC(=O)O)(NC(=O)OCc3ccccc3)[C@H]3OC(C)(C)O[C@@H]23)O1. The highest BCUT2D eigenvalue weighted by Crippen LogP contribution is 2.47. The zero-order valence-electron chi connectivity index (χ0n) is 18.5. The van der Waals surface area contributed by atoms with Crippen LogP contribution in [0.1, 0.15) is 39.7 Å². The smallest absolute Gasteiger partial charge is 0.409 e. The van der Waals surface area contributed by atoms with Gasteiger partial charge in [0.25, 0.3) is 0 Å². The summed E-state index contributed by atoms with van der Waals surface area (Å²) in [5.41, 5.74) is -0.919. The molecule has 176 valence electrons. The molecule has 1 aromatic carbocycles. The van der Waals surface area contributed by atoms with Crippen molar-refractivity contribution in [2.75, 3.05) is 6.61 Å². The number of rotatable bonds is 6. The molecule has 3 aliphatic rings. The van der Waals surface area contributed by atoms with Crippen LogP contribution < -0.4 is 5.32 Å². The highest BCUT2D eigenvalue weighted by atomic mass is 16.8. The Balaban J connectivity index is 1.56. The van der Waals surface area contributed by atoms with Crippen LogP contribution in [0.2, 0.25) is 0 Å². The minimum atomic E-state index is -1.71. The first-order chi connectivity index (χ1) is 15.0. The van der Waals surface area contributed by atoms with Crippen molar-refractivity contribution in [3.8, 4) is 0 Å². The second-order valence-corrected chi connectivity index (χ2v) is 9.12. The van der Waals surface area contributed by atoms with Crippen molar-refractivity contribution >= 4 is 12.1 Å². The van der Waals surface area contributed by atoms with E-state index in [0.717, 1.165) is 5.56 Å². The van der Waals surface area contributed by atoms with E-state index in [1.807, 2.05) is 30.3 Å². The maximum Gasteiger partial charge on any atom is 0.409 e. The van der Waals surface area contributed by atoms with Crippen LogP contribution in [0, 0.1) is 0 Å². The zero-order valence-corrected chi connectivity index (χ0v) is 18.5. The van der Waals surface area contributed by atoms with Crippen molar-refractivity contribution in [2.24, 2.45) is 0 Å². The Bertz CT molecular complexity index is 858. The molecule has 0 radical (unpaired) electrons. The van der Waals surface area contributed by atoms with Gasteiger partial charge >= 0.3 is 12.1 Å². The van der Waals surface area contributed by atoms with E-state index in [1.165, 1.54) is 0 Å². The Kier molecular flexibility index (Phi) is 5.93. The summed E-state index contributed by atoms with van der Waals surface area (Å²) < 4.78 is 35.2. The van der Waals surface area contributed by atoms with E-state index in [1.54, 1.807) is 27.7 Å². The van der Waals surface area contributed by atoms with Crippen molar-refractivity contribution in [2.45, 2.75) is 82.4 Å². The number of hydrogen-bond donors (Lipinski definition) is 2. The molecular weight excluding hydrogens is 422 g/mol. The molecular formula is C22H29NO9. The highest BCUT2D eigenvalue weighted by Gasteiger charge is 2.66. The Morgan fingerprint density at radius 1 is 1.03 bits per heavy atom. The standard InChI is InChI=1S/C22H29NO9/c1-20(2)28-12-14(29-20)16-17-18(32-21(3,4)30-17)22(31-16,10-15(24)25)23-19(26)27-11-13-8-6-5-7-9-13/h5-9,14,16-18H,10-12H2,1-4H3,(H,23,26)(H,24,25)/t14-,16-,17+,18+,22+/m1/s1. The van der Waals surface area contributed by atoms with Gasteiger partial charge in [0.15, 0.2) is 17.3 Å². The van der Waals surface area contributed by atoms with Crippen molar-refractivity contribution in [1.29, 1.82) is 0 Å². The Hall–Kier alpha value is -2.24. The van der Waals surface area contributed by atoms with Crippen LogP contribution in [-0.4, -0.2) is 65.5 Å². The molecule has 0 unspecified atom stereocenters.